The third kappa shape index (κ3) is 4.69. The molecule has 0 spiro atoms. The molecule has 0 radical (unpaired) electrons. The Morgan fingerprint density at radius 1 is 1.23 bits per heavy atom. The highest BCUT2D eigenvalue weighted by molar-refractivity contribution is 5.79. The summed E-state index contributed by atoms with van der Waals surface area (Å²) in [5.74, 6) is 0.800. The number of ether oxygens (including phenoxy) is 1. The summed E-state index contributed by atoms with van der Waals surface area (Å²) in [5.41, 5.74) is 1.66. The molecular formula is C20H21N3O3. The molecule has 134 valence electrons. The Hall–Kier alpha value is -3.15. The molecule has 3 aromatic rings. The van der Waals surface area contributed by atoms with Crippen LogP contribution in [0.3, 0.4) is 0 Å². The smallest absolute Gasteiger partial charge is 0.248 e. The molecule has 0 saturated heterocycles. The molecule has 2 heterocycles. The molecular weight excluding hydrogens is 330 g/mol. The number of benzene rings is 1. The lowest BCUT2D eigenvalue weighted by Gasteiger charge is -2.17. The largest absolute Gasteiger partial charge is 0.494 e. The molecule has 0 aliphatic carbocycles. The van der Waals surface area contributed by atoms with E-state index < -0.39 is 0 Å². The van der Waals surface area contributed by atoms with E-state index in [0.717, 1.165) is 22.2 Å². The second-order valence-corrected chi connectivity index (χ2v) is 6.13. The van der Waals surface area contributed by atoms with Gasteiger partial charge in [-0.25, -0.2) is 0 Å². The fourth-order valence-corrected chi connectivity index (χ4v) is 2.68. The van der Waals surface area contributed by atoms with Crippen molar-refractivity contribution in [3.63, 3.8) is 0 Å². The van der Waals surface area contributed by atoms with Crippen LogP contribution in [0.5, 0.6) is 5.75 Å². The van der Waals surface area contributed by atoms with E-state index >= 15 is 0 Å². The lowest BCUT2D eigenvalue weighted by atomic mass is 10.2. The molecule has 6 heteroatoms. The van der Waals surface area contributed by atoms with Crippen LogP contribution in [-0.4, -0.2) is 34.4 Å². The minimum atomic E-state index is -0.125. The summed E-state index contributed by atoms with van der Waals surface area (Å²) in [7, 11) is 1.79. The molecule has 1 aromatic carbocycles. The first-order chi connectivity index (χ1) is 12.6. The predicted octanol–water partition coefficient (Wildman–Crippen LogP) is 2.74. The number of nitrogens with one attached hydrogen (secondary N) is 1. The highest BCUT2D eigenvalue weighted by atomic mass is 16.5. The number of hydrogen-bond acceptors (Lipinski definition) is 4. The van der Waals surface area contributed by atoms with Crippen LogP contribution in [0.25, 0.3) is 10.9 Å². The molecule has 0 unspecified atom stereocenters. The standard InChI is InChI=1S/C20H21N3O3/c1-23(14-15-4-2-10-21-13-15)20(25)5-3-11-26-17-7-8-18-16(12-17)6-9-19(24)22-18/h2,4,6-10,12-13H,3,5,11,14H2,1H3,(H,22,24). The van der Waals surface area contributed by atoms with Gasteiger partial charge in [0.1, 0.15) is 5.75 Å². The van der Waals surface area contributed by atoms with Gasteiger partial charge in [0.2, 0.25) is 11.5 Å². The number of hydrogen-bond donors (Lipinski definition) is 1. The second kappa shape index (κ2) is 8.29. The summed E-state index contributed by atoms with van der Waals surface area (Å²) in [6.45, 7) is 1.01. The normalized spacial score (nSPS) is 10.7. The average Bonchev–Trinajstić information content (AvgIpc) is 2.65. The zero-order chi connectivity index (χ0) is 18.4. The predicted molar refractivity (Wildman–Crippen MR) is 100 cm³/mol. The molecule has 26 heavy (non-hydrogen) atoms. The van der Waals surface area contributed by atoms with Crippen molar-refractivity contribution in [1.29, 1.82) is 0 Å². The average molecular weight is 351 g/mol. The summed E-state index contributed by atoms with van der Waals surface area (Å²) in [6.07, 6.45) is 4.55. The van der Waals surface area contributed by atoms with Crippen molar-refractivity contribution >= 4 is 16.8 Å². The summed E-state index contributed by atoms with van der Waals surface area (Å²) >= 11 is 0. The molecule has 0 aliphatic rings. The van der Waals surface area contributed by atoms with E-state index in [4.69, 9.17) is 4.74 Å². The second-order valence-electron chi connectivity index (χ2n) is 6.13. The van der Waals surface area contributed by atoms with Crippen molar-refractivity contribution in [2.24, 2.45) is 0 Å². The van der Waals surface area contributed by atoms with Gasteiger partial charge >= 0.3 is 0 Å². The Balaban J connectivity index is 1.45. The zero-order valence-electron chi connectivity index (χ0n) is 14.6. The van der Waals surface area contributed by atoms with Crippen LogP contribution < -0.4 is 10.3 Å². The summed E-state index contributed by atoms with van der Waals surface area (Å²) in [5, 5.41) is 0.911. The first-order valence-corrected chi connectivity index (χ1v) is 8.50. The minimum Gasteiger partial charge on any atom is -0.494 e. The van der Waals surface area contributed by atoms with Gasteiger partial charge in [0.05, 0.1) is 6.61 Å². The number of rotatable bonds is 7. The third-order valence-electron chi connectivity index (χ3n) is 4.07. The van der Waals surface area contributed by atoms with Crippen molar-refractivity contribution in [2.45, 2.75) is 19.4 Å². The Kier molecular flexibility index (Phi) is 5.63. The van der Waals surface area contributed by atoms with Crippen LogP contribution in [0.15, 0.2) is 59.7 Å². The number of aromatic amines is 1. The summed E-state index contributed by atoms with van der Waals surface area (Å²) < 4.78 is 5.72. The van der Waals surface area contributed by atoms with E-state index in [2.05, 4.69) is 9.97 Å². The Morgan fingerprint density at radius 2 is 2.12 bits per heavy atom. The lowest BCUT2D eigenvalue weighted by molar-refractivity contribution is -0.130. The third-order valence-corrected chi connectivity index (χ3v) is 4.07. The molecule has 0 atom stereocenters. The van der Waals surface area contributed by atoms with E-state index in [0.29, 0.717) is 26.0 Å². The molecule has 1 amide bonds. The van der Waals surface area contributed by atoms with Crippen molar-refractivity contribution < 1.29 is 9.53 Å². The molecule has 0 bridgehead atoms. The molecule has 0 saturated carbocycles. The van der Waals surface area contributed by atoms with Crippen molar-refractivity contribution in [2.75, 3.05) is 13.7 Å². The van der Waals surface area contributed by atoms with Crippen LogP contribution >= 0.6 is 0 Å². The van der Waals surface area contributed by atoms with Gasteiger partial charge in [0.25, 0.3) is 0 Å². The monoisotopic (exact) mass is 351 g/mol. The Bertz CT molecular complexity index is 938. The highest BCUT2D eigenvalue weighted by Crippen LogP contribution is 2.18. The van der Waals surface area contributed by atoms with Crippen LogP contribution in [0.1, 0.15) is 18.4 Å². The topological polar surface area (TPSA) is 75.3 Å². The van der Waals surface area contributed by atoms with Gasteiger partial charge in [-0.15, -0.1) is 0 Å². The van der Waals surface area contributed by atoms with Crippen LogP contribution in [0, 0.1) is 0 Å². The zero-order valence-corrected chi connectivity index (χ0v) is 14.6. The first kappa shape index (κ1) is 17.7. The molecule has 2 aromatic heterocycles. The molecule has 1 N–H and O–H groups in total. The van der Waals surface area contributed by atoms with Crippen LogP contribution in [0.2, 0.25) is 0 Å². The Labute approximate surface area is 151 Å². The van der Waals surface area contributed by atoms with E-state index in [1.165, 1.54) is 6.07 Å². The van der Waals surface area contributed by atoms with Crippen molar-refractivity contribution in [3.8, 4) is 5.75 Å². The summed E-state index contributed by atoms with van der Waals surface area (Å²) in [6, 6.07) is 12.6. The summed E-state index contributed by atoms with van der Waals surface area (Å²) in [4.78, 5) is 32.0. The van der Waals surface area contributed by atoms with Gasteiger partial charge in [-0.2, -0.15) is 0 Å². The molecule has 3 rings (SSSR count). The number of aromatic nitrogens is 2. The van der Waals surface area contributed by atoms with E-state index in [1.807, 2.05) is 30.3 Å². The number of carbonyl (C=O) groups excluding carboxylic acids is 1. The Morgan fingerprint density at radius 3 is 2.92 bits per heavy atom. The van der Waals surface area contributed by atoms with Gasteiger partial charge in [0, 0.05) is 49.4 Å². The number of carbonyl (C=O) groups is 1. The number of pyridine rings is 2. The number of H-pyrrole nitrogens is 1. The molecule has 0 aliphatic heterocycles. The highest BCUT2D eigenvalue weighted by Gasteiger charge is 2.09. The van der Waals surface area contributed by atoms with E-state index in [-0.39, 0.29) is 11.5 Å². The van der Waals surface area contributed by atoms with Crippen molar-refractivity contribution in [3.05, 3.63) is 70.8 Å². The number of fused-ring (bicyclic) bond motifs is 1. The number of nitrogens with zero attached hydrogens (tertiary/aromatic N) is 2. The maximum absolute atomic E-state index is 12.2. The maximum Gasteiger partial charge on any atom is 0.248 e. The van der Waals surface area contributed by atoms with Gasteiger partial charge in [-0.3, -0.25) is 14.6 Å². The maximum atomic E-state index is 12.2. The SMILES string of the molecule is CN(Cc1cccnc1)C(=O)CCCOc1ccc2[nH]c(=O)ccc2c1. The minimum absolute atomic E-state index is 0.0774. The first-order valence-electron chi connectivity index (χ1n) is 8.50. The lowest BCUT2D eigenvalue weighted by Crippen LogP contribution is -2.26. The fourth-order valence-electron chi connectivity index (χ4n) is 2.68. The fraction of sp³-hybridized carbons (Fsp3) is 0.250. The van der Waals surface area contributed by atoms with Gasteiger partial charge in [0.15, 0.2) is 0 Å². The van der Waals surface area contributed by atoms with Crippen LogP contribution in [-0.2, 0) is 11.3 Å². The van der Waals surface area contributed by atoms with Gasteiger partial charge in [-0.1, -0.05) is 6.07 Å². The van der Waals surface area contributed by atoms with Gasteiger partial charge in [-0.05, 0) is 42.3 Å². The number of amides is 1. The van der Waals surface area contributed by atoms with Crippen LogP contribution in [0.4, 0.5) is 0 Å². The quantitative estimate of drug-likeness (QED) is 0.664. The molecule has 0 fully saturated rings. The van der Waals surface area contributed by atoms with E-state index in [9.17, 15) is 9.59 Å². The van der Waals surface area contributed by atoms with Crippen molar-refractivity contribution in [1.82, 2.24) is 14.9 Å². The molecule has 6 nitrogen and oxygen atoms in total. The van der Waals surface area contributed by atoms with E-state index in [1.54, 1.807) is 30.4 Å². The van der Waals surface area contributed by atoms with Gasteiger partial charge < -0.3 is 14.6 Å².